The van der Waals surface area contributed by atoms with Crippen LogP contribution in [0.15, 0.2) is 17.5 Å². The van der Waals surface area contributed by atoms with Crippen LogP contribution in [0.1, 0.15) is 0 Å². The molecule has 0 unspecified atom stereocenters. The van der Waals surface area contributed by atoms with Gasteiger partial charge in [0.1, 0.15) is 5.75 Å². The fourth-order valence-corrected chi connectivity index (χ4v) is 2.00. The molecule has 1 aromatic carbocycles. The SMILES string of the molecule is FC(F)(F)Oc1cc2cs[c]c2cc1Cl. The van der Waals surface area contributed by atoms with Crippen LogP contribution in [0.3, 0.4) is 0 Å². The number of alkyl halides is 3. The van der Waals surface area contributed by atoms with Gasteiger partial charge < -0.3 is 4.74 Å². The third-order valence-corrected chi connectivity index (χ3v) is 2.69. The Bertz CT molecular complexity index is 492. The molecule has 79 valence electrons. The van der Waals surface area contributed by atoms with E-state index >= 15 is 0 Å². The molecule has 1 radical (unpaired) electrons. The third-order valence-electron chi connectivity index (χ3n) is 1.68. The Hall–Kier alpha value is -0.940. The van der Waals surface area contributed by atoms with Crippen LogP contribution in [-0.2, 0) is 0 Å². The van der Waals surface area contributed by atoms with Crippen molar-refractivity contribution >= 4 is 33.7 Å². The zero-order valence-corrected chi connectivity index (χ0v) is 8.63. The smallest absolute Gasteiger partial charge is 0.404 e. The van der Waals surface area contributed by atoms with Crippen molar-refractivity contribution in [1.29, 1.82) is 0 Å². The Morgan fingerprint density at radius 1 is 1.33 bits per heavy atom. The van der Waals surface area contributed by atoms with Crippen LogP contribution in [0, 0.1) is 5.38 Å². The summed E-state index contributed by atoms with van der Waals surface area (Å²) in [6.45, 7) is 0. The Balaban J connectivity index is 2.46. The number of halogens is 4. The Labute approximate surface area is 92.0 Å². The van der Waals surface area contributed by atoms with Gasteiger partial charge in [0.05, 0.1) is 10.4 Å². The zero-order chi connectivity index (χ0) is 11.1. The summed E-state index contributed by atoms with van der Waals surface area (Å²) in [5.74, 6) is -0.386. The van der Waals surface area contributed by atoms with Crippen LogP contribution in [0.2, 0.25) is 5.02 Å². The molecular weight excluding hydrogens is 249 g/mol. The van der Waals surface area contributed by atoms with E-state index in [1.54, 1.807) is 5.38 Å². The Morgan fingerprint density at radius 2 is 2.07 bits per heavy atom. The summed E-state index contributed by atoms with van der Waals surface area (Å²) in [5.41, 5.74) is 0. The van der Waals surface area contributed by atoms with E-state index in [1.165, 1.54) is 23.5 Å². The van der Waals surface area contributed by atoms with Crippen LogP contribution in [-0.4, -0.2) is 6.36 Å². The second-order valence-electron chi connectivity index (χ2n) is 2.76. The predicted molar refractivity (Wildman–Crippen MR) is 52.4 cm³/mol. The van der Waals surface area contributed by atoms with Gasteiger partial charge in [-0.3, -0.25) is 0 Å². The highest BCUT2D eigenvalue weighted by Gasteiger charge is 2.32. The van der Waals surface area contributed by atoms with Gasteiger partial charge >= 0.3 is 6.36 Å². The lowest BCUT2D eigenvalue weighted by molar-refractivity contribution is -0.274. The highest BCUT2D eigenvalue weighted by Crippen LogP contribution is 2.34. The van der Waals surface area contributed by atoms with Crippen molar-refractivity contribution in [2.45, 2.75) is 6.36 Å². The molecule has 0 aliphatic rings. The van der Waals surface area contributed by atoms with Crippen LogP contribution >= 0.6 is 22.9 Å². The van der Waals surface area contributed by atoms with Crippen LogP contribution < -0.4 is 4.74 Å². The molecule has 0 aliphatic heterocycles. The molecule has 1 nitrogen and oxygen atoms in total. The van der Waals surface area contributed by atoms with Gasteiger partial charge in [0.25, 0.3) is 0 Å². The summed E-state index contributed by atoms with van der Waals surface area (Å²) >= 11 is 6.89. The number of hydrogen-bond acceptors (Lipinski definition) is 2. The van der Waals surface area contributed by atoms with Gasteiger partial charge in [-0.15, -0.1) is 24.5 Å². The third kappa shape index (κ3) is 2.35. The molecule has 15 heavy (non-hydrogen) atoms. The zero-order valence-electron chi connectivity index (χ0n) is 7.06. The summed E-state index contributed by atoms with van der Waals surface area (Å²) in [4.78, 5) is 0. The lowest BCUT2D eigenvalue weighted by Crippen LogP contribution is -2.17. The van der Waals surface area contributed by atoms with Crippen molar-refractivity contribution in [1.82, 2.24) is 0 Å². The van der Waals surface area contributed by atoms with Crippen LogP contribution in [0.25, 0.3) is 10.8 Å². The van der Waals surface area contributed by atoms with E-state index < -0.39 is 6.36 Å². The van der Waals surface area contributed by atoms with Gasteiger partial charge in [0, 0.05) is 5.39 Å². The van der Waals surface area contributed by atoms with Crippen molar-refractivity contribution in [2.75, 3.05) is 0 Å². The number of rotatable bonds is 1. The molecule has 6 heteroatoms. The monoisotopic (exact) mass is 251 g/mol. The minimum atomic E-state index is -4.73. The minimum absolute atomic E-state index is 0.0746. The first-order valence-electron chi connectivity index (χ1n) is 3.80. The van der Waals surface area contributed by atoms with Crippen molar-refractivity contribution in [3.8, 4) is 5.75 Å². The molecule has 0 saturated heterocycles. The summed E-state index contributed by atoms with van der Waals surface area (Å²) in [6.07, 6.45) is -4.73. The van der Waals surface area contributed by atoms with Crippen molar-refractivity contribution in [2.24, 2.45) is 0 Å². The molecule has 0 amide bonds. The molecule has 0 N–H and O–H groups in total. The van der Waals surface area contributed by atoms with E-state index in [1.807, 2.05) is 0 Å². The van der Waals surface area contributed by atoms with Gasteiger partial charge in [0.15, 0.2) is 0 Å². The molecule has 1 heterocycles. The number of hydrogen-bond donors (Lipinski definition) is 0. The molecule has 0 atom stereocenters. The minimum Gasteiger partial charge on any atom is -0.404 e. The van der Waals surface area contributed by atoms with Crippen molar-refractivity contribution in [3.63, 3.8) is 0 Å². The first kappa shape index (κ1) is 10.6. The van der Waals surface area contributed by atoms with Crippen molar-refractivity contribution < 1.29 is 17.9 Å². The largest absolute Gasteiger partial charge is 0.573 e. The molecule has 2 rings (SSSR count). The van der Waals surface area contributed by atoms with E-state index in [0.717, 1.165) is 0 Å². The van der Waals surface area contributed by atoms with Crippen LogP contribution in [0.4, 0.5) is 13.2 Å². The highest BCUT2D eigenvalue weighted by atomic mass is 35.5. The summed E-state index contributed by atoms with van der Waals surface area (Å²) in [7, 11) is 0. The number of ether oxygens (including phenoxy) is 1. The van der Waals surface area contributed by atoms with E-state index in [-0.39, 0.29) is 10.8 Å². The second-order valence-corrected chi connectivity index (χ2v) is 3.84. The lowest BCUT2D eigenvalue weighted by atomic mass is 10.2. The molecule has 0 fully saturated rings. The maximum atomic E-state index is 12.0. The quantitative estimate of drug-likeness (QED) is 0.736. The molecule has 0 aliphatic carbocycles. The highest BCUT2D eigenvalue weighted by molar-refractivity contribution is 7.08. The second kappa shape index (κ2) is 3.57. The topological polar surface area (TPSA) is 9.23 Å². The maximum absolute atomic E-state index is 12.0. The number of fused-ring (bicyclic) bond motifs is 1. The summed E-state index contributed by atoms with van der Waals surface area (Å²) in [6, 6.07) is 2.65. The Kier molecular flexibility index (Phi) is 2.52. The molecule has 1 aromatic heterocycles. The normalized spacial score (nSPS) is 12.0. The van der Waals surface area contributed by atoms with Gasteiger partial charge in [-0.1, -0.05) is 11.6 Å². The molecular formula is C9H3ClF3OS. The maximum Gasteiger partial charge on any atom is 0.573 e. The van der Waals surface area contributed by atoms with E-state index in [4.69, 9.17) is 11.6 Å². The van der Waals surface area contributed by atoms with E-state index in [0.29, 0.717) is 10.8 Å². The van der Waals surface area contributed by atoms with E-state index in [2.05, 4.69) is 10.1 Å². The van der Waals surface area contributed by atoms with E-state index in [9.17, 15) is 13.2 Å². The van der Waals surface area contributed by atoms with Crippen LogP contribution in [0.5, 0.6) is 5.75 Å². The molecule has 0 saturated carbocycles. The fraction of sp³-hybridized carbons (Fsp3) is 0.111. The molecule has 0 bridgehead atoms. The van der Waals surface area contributed by atoms with Gasteiger partial charge in [-0.2, -0.15) is 0 Å². The molecule has 0 spiro atoms. The van der Waals surface area contributed by atoms with Gasteiger partial charge in [-0.25, -0.2) is 0 Å². The first-order valence-corrected chi connectivity index (χ1v) is 5.05. The molecule has 2 aromatic rings. The summed E-state index contributed by atoms with van der Waals surface area (Å²) in [5, 5.41) is 5.78. The predicted octanol–water partition coefficient (Wildman–Crippen LogP) is 4.25. The van der Waals surface area contributed by atoms with Gasteiger partial charge in [0.2, 0.25) is 0 Å². The summed E-state index contributed by atoms with van der Waals surface area (Å²) < 4.78 is 39.7. The lowest BCUT2D eigenvalue weighted by Gasteiger charge is -2.10. The number of thiophene rings is 1. The van der Waals surface area contributed by atoms with Crippen molar-refractivity contribution in [3.05, 3.63) is 27.9 Å². The fourth-order valence-electron chi connectivity index (χ4n) is 1.11. The standard InChI is InChI=1S/C9H3ClF3OS/c10-7-1-5-3-15-4-6(5)2-8(7)14-9(11,12)13/h1-2,4H. The average Bonchev–Trinajstić information content (AvgIpc) is 2.49. The van der Waals surface area contributed by atoms with Gasteiger partial charge in [-0.05, 0) is 22.9 Å². The first-order chi connectivity index (χ1) is 6.96. The Morgan fingerprint density at radius 3 is 2.73 bits per heavy atom. The number of benzene rings is 1. The average molecular weight is 252 g/mol.